The third kappa shape index (κ3) is 4.94. The molecule has 2 nitrogen and oxygen atoms in total. The average molecular weight is 168 g/mol. The maximum atomic E-state index is 4.43. The van der Waals surface area contributed by atoms with Gasteiger partial charge in [0.1, 0.15) is 0 Å². The third-order valence-corrected chi connectivity index (χ3v) is 1.53. The zero-order valence-corrected chi connectivity index (χ0v) is 8.89. The highest BCUT2D eigenvalue weighted by atomic mass is 15.4. The number of hydrogen-bond donors (Lipinski definition) is 0. The molecule has 0 aromatic carbocycles. The summed E-state index contributed by atoms with van der Waals surface area (Å²) < 4.78 is 0. The van der Waals surface area contributed by atoms with Crippen LogP contribution in [0.1, 0.15) is 34.6 Å². The van der Waals surface area contributed by atoms with Crippen molar-refractivity contribution in [2.75, 3.05) is 13.1 Å². The van der Waals surface area contributed by atoms with Gasteiger partial charge < -0.3 is 0 Å². The van der Waals surface area contributed by atoms with Gasteiger partial charge in [-0.25, -0.2) is 0 Å². The van der Waals surface area contributed by atoms with Crippen LogP contribution in [0.5, 0.6) is 0 Å². The molecule has 0 aliphatic heterocycles. The summed E-state index contributed by atoms with van der Waals surface area (Å²) in [5.41, 5.74) is 2.38. The van der Waals surface area contributed by atoms with Crippen LogP contribution < -0.4 is 0 Å². The standard InChI is InChI=1S/C10H20N2/c1-6-12(7-2)11-10(5)8-9(3)4/h8H,6-7H2,1-5H3. The highest BCUT2D eigenvalue weighted by Crippen LogP contribution is 1.94. The molecular weight excluding hydrogens is 148 g/mol. The van der Waals surface area contributed by atoms with Gasteiger partial charge >= 0.3 is 0 Å². The minimum atomic E-state index is 0.977. The minimum absolute atomic E-state index is 0.977. The molecule has 0 aromatic heterocycles. The van der Waals surface area contributed by atoms with E-state index in [0.717, 1.165) is 18.8 Å². The Morgan fingerprint density at radius 3 is 2.00 bits per heavy atom. The van der Waals surface area contributed by atoms with Crippen LogP contribution in [0, 0.1) is 0 Å². The summed E-state index contributed by atoms with van der Waals surface area (Å²) in [6.07, 6.45) is 2.10. The Morgan fingerprint density at radius 2 is 1.67 bits per heavy atom. The van der Waals surface area contributed by atoms with Gasteiger partial charge in [0.05, 0.1) is 5.71 Å². The zero-order valence-electron chi connectivity index (χ0n) is 8.89. The molecule has 0 amide bonds. The molecule has 0 aliphatic carbocycles. The summed E-state index contributed by atoms with van der Waals surface area (Å²) in [4.78, 5) is 0. The third-order valence-electron chi connectivity index (χ3n) is 1.53. The van der Waals surface area contributed by atoms with E-state index in [2.05, 4.69) is 43.9 Å². The molecule has 0 atom stereocenters. The van der Waals surface area contributed by atoms with E-state index >= 15 is 0 Å². The fourth-order valence-corrected chi connectivity index (χ4v) is 1.03. The molecule has 12 heavy (non-hydrogen) atoms. The normalized spacial score (nSPS) is 11.2. The van der Waals surface area contributed by atoms with E-state index in [0.29, 0.717) is 0 Å². The molecule has 0 unspecified atom stereocenters. The number of rotatable bonds is 4. The molecule has 0 aromatic rings. The fourth-order valence-electron chi connectivity index (χ4n) is 1.03. The lowest BCUT2D eigenvalue weighted by Gasteiger charge is -2.14. The zero-order chi connectivity index (χ0) is 9.56. The first-order valence-corrected chi connectivity index (χ1v) is 4.55. The molecule has 0 spiro atoms. The van der Waals surface area contributed by atoms with Gasteiger partial charge in [-0.1, -0.05) is 5.57 Å². The van der Waals surface area contributed by atoms with E-state index < -0.39 is 0 Å². The number of nitrogens with zero attached hydrogens (tertiary/aromatic N) is 2. The van der Waals surface area contributed by atoms with Crippen LogP contribution in [-0.4, -0.2) is 23.8 Å². The topological polar surface area (TPSA) is 15.6 Å². The lowest BCUT2D eigenvalue weighted by atomic mass is 10.3. The summed E-state index contributed by atoms with van der Waals surface area (Å²) in [5, 5.41) is 6.48. The lowest BCUT2D eigenvalue weighted by molar-refractivity contribution is 0.322. The van der Waals surface area contributed by atoms with Crippen LogP contribution in [0.3, 0.4) is 0 Å². The average Bonchev–Trinajstić information content (AvgIpc) is 1.98. The van der Waals surface area contributed by atoms with Gasteiger partial charge in [0, 0.05) is 13.1 Å². The van der Waals surface area contributed by atoms with E-state index in [1.54, 1.807) is 0 Å². The maximum Gasteiger partial charge on any atom is 0.0573 e. The van der Waals surface area contributed by atoms with Crippen molar-refractivity contribution in [3.63, 3.8) is 0 Å². The lowest BCUT2D eigenvalue weighted by Crippen LogP contribution is -2.17. The monoisotopic (exact) mass is 168 g/mol. The first-order chi connectivity index (χ1) is 5.60. The van der Waals surface area contributed by atoms with Gasteiger partial charge in [-0.15, -0.1) is 0 Å². The van der Waals surface area contributed by atoms with Crippen LogP contribution in [0.15, 0.2) is 16.8 Å². The number of allylic oxidation sites excluding steroid dienone is 2. The van der Waals surface area contributed by atoms with Gasteiger partial charge in [-0.05, 0) is 40.7 Å². The minimum Gasteiger partial charge on any atom is -0.297 e. The van der Waals surface area contributed by atoms with Crippen molar-refractivity contribution in [3.8, 4) is 0 Å². The maximum absolute atomic E-state index is 4.43. The Hall–Kier alpha value is -0.790. The summed E-state index contributed by atoms with van der Waals surface area (Å²) in [5.74, 6) is 0. The summed E-state index contributed by atoms with van der Waals surface area (Å²) >= 11 is 0. The van der Waals surface area contributed by atoms with Crippen LogP contribution in [0.25, 0.3) is 0 Å². The van der Waals surface area contributed by atoms with Crippen LogP contribution in [0.4, 0.5) is 0 Å². The molecule has 0 N–H and O–H groups in total. The second kappa shape index (κ2) is 5.81. The Kier molecular flexibility index (Phi) is 5.43. The van der Waals surface area contributed by atoms with E-state index in [-0.39, 0.29) is 0 Å². The summed E-state index contributed by atoms with van der Waals surface area (Å²) in [6.45, 7) is 12.4. The molecule has 0 heterocycles. The highest BCUT2D eigenvalue weighted by molar-refractivity contribution is 5.93. The quantitative estimate of drug-likeness (QED) is 0.465. The van der Waals surface area contributed by atoms with Gasteiger partial charge in [-0.2, -0.15) is 5.10 Å². The van der Waals surface area contributed by atoms with E-state index in [9.17, 15) is 0 Å². The second-order valence-corrected chi connectivity index (χ2v) is 3.10. The van der Waals surface area contributed by atoms with E-state index in [1.807, 2.05) is 6.92 Å². The number of hydrogen-bond acceptors (Lipinski definition) is 2. The highest BCUT2D eigenvalue weighted by Gasteiger charge is 1.92. The molecule has 0 bridgehead atoms. The Morgan fingerprint density at radius 1 is 1.17 bits per heavy atom. The molecule has 0 fully saturated rings. The summed E-state index contributed by atoms with van der Waals surface area (Å²) in [6, 6.07) is 0. The first-order valence-electron chi connectivity index (χ1n) is 4.55. The van der Waals surface area contributed by atoms with Gasteiger partial charge in [0.25, 0.3) is 0 Å². The van der Waals surface area contributed by atoms with Crippen molar-refractivity contribution in [1.82, 2.24) is 5.01 Å². The van der Waals surface area contributed by atoms with Gasteiger partial charge in [0.15, 0.2) is 0 Å². The molecule has 0 rings (SSSR count). The molecular formula is C10H20N2. The van der Waals surface area contributed by atoms with E-state index in [1.165, 1.54) is 5.57 Å². The van der Waals surface area contributed by atoms with E-state index in [4.69, 9.17) is 0 Å². The van der Waals surface area contributed by atoms with Gasteiger partial charge in [0.2, 0.25) is 0 Å². The van der Waals surface area contributed by atoms with Crippen molar-refractivity contribution >= 4 is 5.71 Å². The Labute approximate surface area is 76.0 Å². The Balaban J connectivity index is 4.22. The van der Waals surface area contributed by atoms with Crippen LogP contribution >= 0.6 is 0 Å². The van der Waals surface area contributed by atoms with Crippen molar-refractivity contribution in [2.24, 2.45) is 5.10 Å². The predicted octanol–water partition coefficient (Wildman–Crippen LogP) is 2.67. The van der Waals surface area contributed by atoms with Crippen molar-refractivity contribution in [1.29, 1.82) is 0 Å². The number of hydrazone groups is 1. The molecule has 0 saturated carbocycles. The largest absolute Gasteiger partial charge is 0.297 e. The molecule has 2 heteroatoms. The van der Waals surface area contributed by atoms with Gasteiger partial charge in [-0.3, -0.25) is 5.01 Å². The smallest absolute Gasteiger partial charge is 0.0573 e. The second-order valence-electron chi connectivity index (χ2n) is 3.10. The molecule has 0 radical (unpaired) electrons. The Bertz CT molecular complexity index is 172. The van der Waals surface area contributed by atoms with Crippen molar-refractivity contribution in [3.05, 3.63) is 11.6 Å². The molecule has 70 valence electrons. The first kappa shape index (κ1) is 11.2. The van der Waals surface area contributed by atoms with Crippen LogP contribution in [0.2, 0.25) is 0 Å². The molecule has 0 aliphatic rings. The predicted molar refractivity (Wildman–Crippen MR) is 55.5 cm³/mol. The SMILES string of the molecule is CCN(CC)N=C(C)C=C(C)C. The fraction of sp³-hybridized carbons (Fsp3) is 0.700. The molecule has 0 saturated heterocycles. The van der Waals surface area contributed by atoms with Crippen LogP contribution in [-0.2, 0) is 0 Å². The van der Waals surface area contributed by atoms with Crippen molar-refractivity contribution < 1.29 is 0 Å². The van der Waals surface area contributed by atoms with Crippen molar-refractivity contribution in [2.45, 2.75) is 34.6 Å². The summed E-state index contributed by atoms with van der Waals surface area (Å²) in [7, 11) is 0.